The maximum atomic E-state index is 12.3. The van der Waals surface area contributed by atoms with Gasteiger partial charge in [-0.2, -0.15) is 0 Å². The maximum absolute atomic E-state index is 12.3. The number of nitrogens with zero attached hydrogens (tertiary/aromatic N) is 1. The fourth-order valence-electron chi connectivity index (χ4n) is 3.69. The van der Waals surface area contributed by atoms with Crippen molar-refractivity contribution in [3.63, 3.8) is 0 Å². The average Bonchev–Trinajstić information content (AvgIpc) is 2.80. The Bertz CT molecular complexity index is 605. The Morgan fingerprint density at radius 3 is 2.38 bits per heavy atom. The Balaban J connectivity index is 1.53. The minimum atomic E-state index is -2.13. The highest BCUT2D eigenvalue weighted by Gasteiger charge is 2.36. The highest BCUT2D eigenvalue weighted by Crippen LogP contribution is 2.36. The molecule has 0 spiro atoms. The summed E-state index contributed by atoms with van der Waals surface area (Å²) in [6.45, 7) is 4.61. The van der Waals surface area contributed by atoms with Gasteiger partial charge >= 0.3 is 0 Å². The topological polar surface area (TPSA) is 66.8 Å². The summed E-state index contributed by atoms with van der Waals surface area (Å²) in [4.78, 5) is 36.2. The van der Waals surface area contributed by atoms with Gasteiger partial charge in [0.1, 0.15) is 0 Å². The number of rotatable bonds is 5. The van der Waals surface area contributed by atoms with E-state index in [-0.39, 0.29) is 24.5 Å². The van der Waals surface area contributed by atoms with Gasteiger partial charge in [-0.25, -0.2) is 0 Å². The first kappa shape index (κ1) is 17.3. The Hall–Kier alpha value is -1.50. The van der Waals surface area contributed by atoms with Crippen molar-refractivity contribution in [2.45, 2.75) is 50.4 Å². The van der Waals surface area contributed by atoms with E-state index in [1.54, 1.807) is 24.3 Å². The van der Waals surface area contributed by atoms with Gasteiger partial charge in [0.2, 0.25) is 0 Å². The van der Waals surface area contributed by atoms with E-state index in [0.29, 0.717) is 23.3 Å². The summed E-state index contributed by atoms with van der Waals surface area (Å²) in [5.41, 5.74) is 1.33. The molecule has 1 saturated carbocycles. The van der Waals surface area contributed by atoms with Gasteiger partial charge < -0.3 is 9.53 Å². The van der Waals surface area contributed by atoms with Gasteiger partial charge in [-0.05, 0) is 43.6 Å². The lowest BCUT2D eigenvalue weighted by Gasteiger charge is -2.35. The van der Waals surface area contributed by atoms with Crippen molar-refractivity contribution < 1.29 is 19.1 Å². The number of carbonyl (C=O) groups is 2. The van der Waals surface area contributed by atoms with E-state index >= 15 is 0 Å². The van der Waals surface area contributed by atoms with E-state index in [2.05, 4.69) is 0 Å². The quantitative estimate of drug-likeness (QED) is 0.657. The van der Waals surface area contributed by atoms with Crippen LogP contribution in [0.15, 0.2) is 24.3 Å². The summed E-state index contributed by atoms with van der Waals surface area (Å²) in [6.07, 6.45) is 4.15. The highest BCUT2D eigenvalue weighted by atomic mass is 28.4. The minimum Gasteiger partial charge on any atom is -0.432 e. The lowest BCUT2D eigenvalue weighted by atomic mass is 9.97. The van der Waals surface area contributed by atoms with Crippen LogP contribution in [0.1, 0.15) is 46.4 Å². The molecular weight excluding hydrogens is 322 g/mol. The second-order valence-electron chi connectivity index (χ2n) is 7.32. The first-order valence-electron chi connectivity index (χ1n) is 8.67. The molecule has 1 aromatic rings. The van der Waals surface area contributed by atoms with Crippen LogP contribution in [-0.2, 0) is 4.74 Å². The van der Waals surface area contributed by atoms with Crippen molar-refractivity contribution in [3.05, 3.63) is 35.4 Å². The molecule has 2 unspecified atom stereocenters. The highest BCUT2D eigenvalue weighted by molar-refractivity contribution is 6.71. The monoisotopic (exact) mass is 347 g/mol. The number of fused-ring (bicyclic) bond motifs is 1. The van der Waals surface area contributed by atoms with Gasteiger partial charge in [-0.15, -0.1) is 0 Å². The fraction of sp³-hybridized carbons (Fsp3) is 0.556. The van der Waals surface area contributed by atoms with E-state index in [1.165, 1.54) is 4.90 Å². The molecule has 1 aromatic carbocycles. The largest absolute Gasteiger partial charge is 0.432 e. The molecule has 24 heavy (non-hydrogen) atoms. The second-order valence-corrected chi connectivity index (χ2v) is 11.4. The number of ether oxygens (including phenoxy) is 1. The third-order valence-corrected chi connectivity index (χ3v) is 7.69. The molecule has 0 aromatic heterocycles. The van der Waals surface area contributed by atoms with Gasteiger partial charge in [0, 0.05) is 0 Å². The molecule has 2 atom stereocenters. The summed E-state index contributed by atoms with van der Waals surface area (Å²) >= 11 is 0. The van der Waals surface area contributed by atoms with Gasteiger partial charge in [-0.3, -0.25) is 14.5 Å². The summed E-state index contributed by atoms with van der Waals surface area (Å²) in [5, 5.41) is 0. The van der Waals surface area contributed by atoms with E-state index in [0.717, 1.165) is 25.7 Å². The van der Waals surface area contributed by atoms with E-state index in [4.69, 9.17) is 4.74 Å². The zero-order valence-corrected chi connectivity index (χ0v) is 15.3. The van der Waals surface area contributed by atoms with Crippen molar-refractivity contribution in [3.8, 4) is 0 Å². The van der Waals surface area contributed by atoms with E-state index in [9.17, 15) is 14.4 Å². The van der Waals surface area contributed by atoms with Crippen molar-refractivity contribution in [1.29, 1.82) is 0 Å². The third-order valence-electron chi connectivity index (χ3n) is 5.17. The van der Waals surface area contributed by atoms with Crippen LogP contribution in [0, 0.1) is 0 Å². The Kier molecular flexibility index (Phi) is 4.89. The van der Waals surface area contributed by atoms with Crippen molar-refractivity contribution >= 4 is 20.1 Å². The molecule has 1 heterocycles. The molecule has 1 N–H and O–H groups in total. The number of carbonyl (C=O) groups excluding carboxylic acids is 2. The summed E-state index contributed by atoms with van der Waals surface area (Å²) in [6, 6.07) is 6.92. The second kappa shape index (κ2) is 6.78. The van der Waals surface area contributed by atoms with Crippen LogP contribution >= 0.6 is 0 Å². The van der Waals surface area contributed by atoms with Crippen molar-refractivity contribution in [1.82, 2.24) is 4.90 Å². The summed E-state index contributed by atoms with van der Waals surface area (Å²) < 4.78 is 5.93. The molecule has 1 aliphatic carbocycles. The smallest absolute Gasteiger partial charge is 0.261 e. The molecule has 0 bridgehead atoms. The lowest BCUT2D eigenvalue weighted by Crippen LogP contribution is -2.38. The van der Waals surface area contributed by atoms with Crippen molar-refractivity contribution in [2.24, 2.45) is 0 Å². The number of imide groups is 1. The molecule has 2 amide bonds. The zero-order valence-electron chi connectivity index (χ0n) is 14.3. The predicted octanol–water partition coefficient (Wildman–Crippen LogP) is 2.81. The van der Waals surface area contributed by atoms with Crippen LogP contribution in [0.3, 0.4) is 0 Å². The third kappa shape index (κ3) is 3.45. The van der Waals surface area contributed by atoms with Gasteiger partial charge in [0.15, 0.2) is 8.32 Å². The fourth-order valence-corrected chi connectivity index (χ4v) is 5.44. The molecule has 6 heteroatoms. The molecule has 0 radical (unpaired) electrons. The minimum absolute atomic E-state index is 0.123. The number of benzene rings is 1. The Morgan fingerprint density at radius 1 is 1.17 bits per heavy atom. The summed E-state index contributed by atoms with van der Waals surface area (Å²) in [7, 11) is -2.13. The summed E-state index contributed by atoms with van der Waals surface area (Å²) in [5.74, 6) is -0.464. The molecular formula is C18H25NO4Si. The van der Waals surface area contributed by atoms with E-state index in [1.807, 2.05) is 13.1 Å². The van der Waals surface area contributed by atoms with Crippen LogP contribution in [0.2, 0.25) is 18.6 Å². The molecule has 5 nitrogen and oxygen atoms in total. The van der Waals surface area contributed by atoms with Crippen molar-refractivity contribution in [2.75, 3.05) is 13.2 Å². The van der Waals surface area contributed by atoms with Crippen LogP contribution in [-0.4, -0.2) is 49.1 Å². The van der Waals surface area contributed by atoms with Crippen LogP contribution in [0.25, 0.3) is 0 Å². The lowest BCUT2D eigenvalue weighted by molar-refractivity contribution is 0.0156. The van der Waals surface area contributed by atoms with Crippen LogP contribution < -0.4 is 0 Å². The van der Waals surface area contributed by atoms with Gasteiger partial charge in [0.05, 0.1) is 30.4 Å². The van der Waals surface area contributed by atoms with Crippen LogP contribution in [0.4, 0.5) is 0 Å². The first-order valence-corrected chi connectivity index (χ1v) is 11.7. The standard InChI is InChI=1S/C18H25NO4Si/c1-24(2,22)14-7-5-6-13(12-14)23-11-10-19-17(20)15-8-3-4-9-16(15)18(19)21/h3-4,8-9,13-14,22H,5-7,10-12H2,1-2H3. The maximum Gasteiger partial charge on any atom is 0.261 e. The number of hydrogen-bond acceptors (Lipinski definition) is 4. The van der Waals surface area contributed by atoms with Crippen LogP contribution in [0.5, 0.6) is 0 Å². The zero-order chi connectivity index (χ0) is 17.3. The number of amides is 2. The normalized spacial score (nSPS) is 24.4. The Labute approximate surface area is 143 Å². The van der Waals surface area contributed by atoms with Gasteiger partial charge in [-0.1, -0.05) is 25.0 Å². The van der Waals surface area contributed by atoms with E-state index < -0.39 is 8.32 Å². The molecule has 1 fully saturated rings. The molecule has 130 valence electrons. The SMILES string of the molecule is C[Si](C)(O)C1CCCC(OCCN2C(=O)c3ccccc3C2=O)C1. The molecule has 1 aliphatic heterocycles. The average molecular weight is 347 g/mol. The van der Waals surface area contributed by atoms with Gasteiger partial charge in [0.25, 0.3) is 11.8 Å². The molecule has 0 saturated heterocycles. The molecule has 3 rings (SSSR count). The predicted molar refractivity (Wildman–Crippen MR) is 93.5 cm³/mol. The number of hydrogen-bond donors (Lipinski definition) is 1. The Morgan fingerprint density at radius 2 is 1.79 bits per heavy atom. The first-order chi connectivity index (χ1) is 11.4. The molecule has 2 aliphatic rings.